The molecule has 1 aliphatic rings. The third-order valence-electron chi connectivity index (χ3n) is 5.20. The van der Waals surface area contributed by atoms with Crippen molar-refractivity contribution in [1.29, 1.82) is 0 Å². The maximum Gasteiger partial charge on any atom is 0.270 e. The summed E-state index contributed by atoms with van der Waals surface area (Å²) in [5.41, 5.74) is 3.27. The number of aryl methyl sites for hydroxylation is 1. The summed E-state index contributed by atoms with van der Waals surface area (Å²) in [5.74, 6) is 0.0199. The molecule has 0 spiro atoms. The highest BCUT2D eigenvalue weighted by Crippen LogP contribution is 2.30. The lowest BCUT2D eigenvalue weighted by molar-refractivity contribution is -0.122. The monoisotopic (exact) mass is 584 g/mol. The second-order valence-electron chi connectivity index (χ2n) is 7.62. The summed E-state index contributed by atoms with van der Waals surface area (Å²) in [4.78, 5) is 27.1. The number of carbonyl (C=O) groups excluding carboxylic acids is 2. The summed E-state index contributed by atoms with van der Waals surface area (Å²) in [5, 5.41) is 2.65. The molecule has 0 aliphatic carbocycles. The highest BCUT2D eigenvalue weighted by Gasteiger charge is 2.34. The predicted molar refractivity (Wildman–Crippen MR) is 144 cm³/mol. The van der Waals surface area contributed by atoms with Crippen LogP contribution in [0.25, 0.3) is 6.08 Å². The fourth-order valence-electron chi connectivity index (χ4n) is 3.39. The van der Waals surface area contributed by atoms with Crippen LogP contribution >= 0.6 is 34.8 Å². The number of anilines is 1. The molecule has 2 amide bonds. The Morgan fingerprint density at radius 1 is 1.00 bits per heavy atom. The van der Waals surface area contributed by atoms with E-state index in [0.717, 1.165) is 14.7 Å². The van der Waals surface area contributed by atoms with Crippen molar-refractivity contribution in [1.82, 2.24) is 5.32 Å². The van der Waals surface area contributed by atoms with Crippen LogP contribution in [0.2, 0.25) is 0 Å². The Balaban J connectivity index is 1.58. The first-order chi connectivity index (χ1) is 16.4. The van der Waals surface area contributed by atoms with Crippen LogP contribution in [0.4, 0.5) is 5.69 Å². The van der Waals surface area contributed by atoms with E-state index < -0.39 is 11.8 Å². The number of rotatable bonds is 6. The number of ether oxygens (including phenoxy) is 2. The number of hydrogen-bond acceptors (Lipinski definition) is 5. The van der Waals surface area contributed by atoms with E-state index in [1.807, 2.05) is 43.3 Å². The minimum atomic E-state index is -0.545. The zero-order chi connectivity index (χ0) is 24.2. The fraction of sp³-hybridized carbons (Fsp3) is 0.115. The Morgan fingerprint density at radius 3 is 2.38 bits per heavy atom. The molecular weight excluding hydrogens is 563 g/mol. The van der Waals surface area contributed by atoms with E-state index >= 15 is 0 Å². The standard InChI is InChI=1S/C26H21IN2O4S/c1-16-3-10-20(11-4-16)29-25(31)21(24(30)28-26(29)34)13-18-7-12-22(23(14-18)32-2)33-15-17-5-8-19(27)9-6-17/h3-14H,15H2,1-2H3,(H,28,30,34)/b21-13+. The molecule has 1 aliphatic heterocycles. The molecule has 0 bridgehead atoms. The van der Waals surface area contributed by atoms with E-state index in [1.165, 1.54) is 11.0 Å². The smallest absolute Gasteiger partial charge is 0.270 e. The van der Waals surface area contributed by atoms with Crippen LogP contribution in [0.15, 0.2) is 72.3 Å². The van der Waals surface area contributed by atoms with Crippen LogP contribution < -0.4 is 19.7 Å². The maximum atomic E-state index is 13.2. The Kier molecular flexibility index (Phi) is 7.28. The zero-order valence-electron chi connectivity index (χ0n) is 18.5. The molecule has 172 valence electrons. The van der Waals surface area contributed by atoms with Gasteiger partial charge in [0.2, 0.25) is 0 Å². The van der Waals surface area contributed by atoms with Gasteiger partial charge in [-0.2, -0.15) is 0 Å². The highest BCUT2D eigenvalue weighted by molar-refractivity contribution is 14.1. The fourth-order valence-corrected chi connectivity index (χ4v) is 4.03. The molecule has 8 heteroatoms. The van der Waals surface area contributed by atoms with Crippen molar-refractivity contribution in [3.05, 3.63) is 92.6 Å². The summed E-state index contributed by atoms with van der Waals surface area (Å²) in [6.07, 6.45) is 1.52. The van der Waals surface area contributed by atoms with Gasteiger partial charge in [0.05, 0.1) is 12.8 Å². The molecule has 34 heavy (non-hydrogen) atoms. The van der Waals surface area contributed by atoms with E-state index in [9.17, 15) is 9.59 Å². The Hall–Kier alpha value is -3.24. The molecule has 1 N–H and O–H groups in total. The first-order valence-corrected chi connectivity index (χ1v) is 11.9. The van der Waals surface area contributed by atoms with Crippen LogP contribution in [0.3, 0.4) is 0 Å². The minimum Gasteiger partial charge on any atom is -0.493 e. The lowest BCUT2D eigenvalue weighted by Gasteiger charge is -2.29. The molecular formula is C26H21IN2O4S. The number of benzene rings is 3. The molecule has 1 heterocycles. The molecule has 6 nitrogen and oxygen atoms in total. The van der Waals surface area contributed by atoms with Gasteiger partial charge in [-0.05, 0) is 95.3 Å². The van der Waals surface area contributed by atoms with Gasteiger partial charge in [-0.1, -0.05) is 35.9 Å². The lowest BCUT2D eigenvalue weighted by atomic mass is 10.1. The molecule has 4 rings (SSSR count). The minimum absolute atomic E-state index is 0.0243. The van der Waals surface area contributed by atoms with Crippen molar-refractivity contribution in [2.24, 2.45) is 0 Å². The van der Waals surface area contributed by atoms with Gasteiger partial charge in [-0.25, -0.2) is 0 Å². The molecule has 3 aromatic carbocycles. The van der Waals surface area contributed by atoms with E-state index in [4.69, 9.17) is 21.7 Å². The zero-order valence-corrected chi connectivity index (χ0v) is 21.5. The molecule has 0 radical (unpaired) electrons. The van der Waals surface area contributed by atoms with Gasteiger partial charge in [0.1, 0.15) is 12.2 Å². The van der Waals surface area contributed by atoms with Gasteiger partial charge in [-0.15, -0.1) is 0 Å². The van der Waals surface area contributed by atoms with Crippen LogP contribution in [0, 0.1) is 10.5 Å². The van der Waals surface area contributed by atoms with Crippen molar-refractivity contribution in [3.63, 3.8) is 0 Å². The number of methoxy groups -OCH3 is 1. The van der Waals surface area contributed by atoms with Crippen molar-refractivity contribution >= 4 is 63.5 Å². The number of hydrogen-bond donors (Lipinski definition) is 1. The first kappa shape index (κ1) is 23.9. The summed E-state index contributed by atoms with van der Waals surface area (Å²) in [6, 6.07) is 20.6. The van der Waals surface area contributed by atoms with E-state index in [2.05, 4.69) is 27.9 Å². The maximum absolute atomic E-state index is 13.2. The van der Waals surface area contributed by atoms with Crippen molar-refractivity contribution in [3.8, 4) is 11.5 Å². The van der Waals surface area contributed by atoms with Crippen LogP contribution in [0.5, 0.6) is 11.5 Å². The number of halogens is 1. The normalized spacial score (nSPS) is 14.9. The molecule has 0 atom stereocenters. The van der Waals surface area contributed by atoms with E-state index in [1.54, 1.807) is 37.4 Å². The Bertz CT molecular complexity index is 1290. The third-order valence-corrected chi connectivity index (χ3v) is 6.20. The average molecular weight is 584 g/mol. The predicted octanol–water partition coefficient (Wildman–Crippen LogP) is 5.02. The Labute approximate surface area is 216 Å². The molecule has 3 aromatic rings. The van der Waals surface area contributed by atoms with E-state index in [0.29, 0.717) is 29.4 Å². The Morgan fingerprint density at radius 2 is 1.71 bits per heavy atom. The molecule has 1 saturated heterocycles. The SMILES string of the molecule is COc1cc(/C=C2\C(=O)NC(=S)N(c3ccc(C)cc3)C2=O)ccc1OCc1ccc(I)cc1. The van der Waals surface area contributed by atoms with Gasteiger partial charge in [0, 0.05) is 3.57 Å². The van der Waals surface area contributed by atoms with Gasteiger partial charge < -0.3 is 9.47 Å². The second kappa shape index (κ2) is 10.4. The van der Waals surface area contributed by atoms with Crippen molar-refractivity contribution in [2.75, 3.05) is 12.0 Å². The van der Waals surface area contributed by atoms with Gasteiger partial charge in [0.25, 0.3) is 11.8 Å². The van der Waals surface area contributed by atoms with Gasteiger partial charge in [0.15, 0.2) is 16.6 Å². The van der Waals surface area contributed by atoms with Crippen LogP contribution in [-0.4, -0.2) is 24.0 Å². The molecule has 0 saturated carbocycles. The second-order valence-corrected chi connectivity index (χ2v) is 9.25. The lowest BCUT2D eigenvalue weighted by Crippen LogP contribution is -2.54. The molecule has 0 aromatic heterocycles. The van der Waals surface area contributed by atoms with Crippen molar-refractivity contribution < 1.29 is 19.1 Å². The summed E-state index contributed by atoms with van der Waals surface area (Å²) in [6.45, 7) is 2.34. The van der Waals surface area contributed by atoms with Gasteiger partial charge >= 0.3 is 0 Å². The number of nitrogens with zero attached hydrogens (tertiary/aromatic N) is 1. The quantitative estimate of drug-likeness (QED) is 0.191. The third kappa shape index (κ3) is 5.28. The van der Waals surface area contributed by atoms with Crippen molar-refractivity contribution in [2.45, 2.75) is 13.5 Å². The topological polar surface area (TPSA) is 67.9 Å². The average Bonchev–Trinajstić information content (AvgIpc) is 2.83. The van der Waals surface area contributed by atoms with Gasteiger partial charge in [-0.3, -0.25) is 19.8 Å². The van der Waals surface area contributed by atoms with Crippen LogP contribution in [-0.2, 0) is 16.2 Å². The number of carbonyl (C=O) groups is 2. The number of nitrogens with one attached hydrogen (secondary N) is 1. The number of thiocarbonyl (C=S) groups is 1. The highest BCUT2D eigenvalue weighted by atomic mass is 127. The summed E-state index contributed by atoms with van der Waals surface area (Å²) < 4.78 is 12.6. The van der Waals surface area contributed by atoms with Crippen LogP contribution in [0.1, 0.15) is 16.7 Å². The first-order valence-electron chi connectivity index (χ1n) is 10.4. The van der Waals surface area contributed by atoms with E-state index in [-0.39, 0.29) is 10.7 Å². The largest absolute Gasteiger partial charge is 0.493 e. The number of amides is 2. The molecule has 1 fully saturated rings. The summed E-state index contributed by atoms with van der Waals surface area (Å²) in [7, 11) is 1.54. The molecule has 0 unspecified atom stereocenters. The summed E-state index contributed by atoms with van der Waals surface area (Å²) >= 11 is 7.51.